The number of nitrogens with one attached hydrogen (secondary N) is 1. The smallest absolute Gasteiger partial charge is 0.393 e. The molecular weight excluding hydrogens is 351 g/mol. The van der Waals surface area contributed by atoms with Crippen LogP contribution in [0.5, 0.6) is 0 Å². The summed E-state index contributed by atoms with van der Waals surface area (Å²) in [5, 5.41) is 22.4. The standard InChI is InChI=1S/C11H10F3N7O4/c12-11(13,14)4-6(23)10(1-22,19-20-15)25-9(4)21-3-18-5-7(21)16-2-17-8(5)24/h2-4,6,9,22-23H,1H2,(H,16,17,24)/t4-,6+,9-,10-/m1/s1. The highest BCUT2D eigenvalue weighted by Crippen LogP contribution is 2.50. The molecule has 14 heteroatoms. The molecule has 0 aliphatic carbocycles. The van der Waals surface area contributed by atoms with E-state index in [0.717, 1.165) is 17.2 Å². The first-order valence-corrected chi connectivity index (χ1v) is 6.75. The Hall–Kier alpha value is -2.67. The minimum Gasteiger partial charge on any atom is -0.393 e. The van der Waals surface area contributed by atoms with E-state index in [1.807, 2.05) is 0 Å². The van der Waals surface area contributed by atoms with E-state index in [1.165, 1.54) is 0 Å². The zero-order valence-corrected chi connectivity index (χ0v) is 12.1. The van der Waals surface area contributed by atoms with Gasteiger partial charge in [-0.25, -0.2) is 9.97 Å². The van der Waals surface area contributed by atoms with Crippen LogP contribution in [0.15, 0.2) is 22.6 Å². The summed E-state index contributed by atoms with van der Waals surface area (Å²) in [7, 11) is 0. The van der Waals surface area contributed by atoms with Gasteiger partial charge in [-0.3, -0.25) is 9.36 Å². The number of aromatic amines is 1. The first kappa shape index (κ1) is 17.2. The maximum absolute atomic E-state index is 13.5. The first-order chi connectivity index (χ1) is 11.7. The van der Waals surface area contributed by atoms with Gasteiger partial charge in [0, 0.05) is 4.91 Å². The minimum atomic E-state index is -4.98. The molecule has 0 amide bonds. The molecule has 2 aromatic heterocycles. The number of imidazole rings is 1. The largest absolute Gasteiger partial charge is 0.398 e. The monoisotopic (exact) mass is 361 g/mol. The highest BCUT2D eigenvalue weighted by atomic mass is 19.4. The minimum absolute atomic E-state index is 0.232. The number of aliphatic hydroxyl groups is 2. The second kappa shape index (κ2) is 5.70. The lowest BCUT2D eigenvalue weighted by atomic mass is 9.95. The van der Waals surface area contributed by atoms with Gasteiger partial charge >= 0.3 is 6.18 Å². The fourth-order valence-corrected chi connectivity index (χ4v) is 2.73. The Morgan fingerprint density at radius 2 is 2.24 bits per heavy atom. The van der Waals surface area contributed by atoms with Crippen LogP contribution in [-0.2, 0) is 4.74 Å². The summed E-state index contributed by atoms with van der Waals surface area (Å²) < 4.78 is 46.3. The van der Waals surface area contributed by atoms with Crippen molar-refractivity contribution in [1.29, 1.82) is 0 Å². The second-order valence-corrected chi connectivity index (χ2v) is 5.27. The lowest BCUT2D eigenvalue weighted by molar-refractivity contribution is -0.210. The van der Waals surface area contributed by atoms with Crippen LogP contribution < -0.4 is 5.56 Å². The summed E-state index contributed by atoms with van der Waals surface area (Å²) in [6.07, 6.45) is -7.50. The van der Waals surface area contributed by atoms with Crippen molar-refractivity contribution < 1.29 is 28.1 Å². The Balaban J connectivity index is 2.20. The van der Waals surface area contributed by atoms with Crippen molar-refractivity contribution in [2.45, 2.75) is 24.2 Å². The number of aromatic nitrogens is 4. The van der Waals surface area contributed by atoms with Gasteiger partial charge in [-0.2, -0.15) is 13.2 Å². The molecule has 1 saturated heterocycles. The van der Waals surface area contributed by atoms with Crippen LogP contribution in [0.3, 0.4) is 0 Å². The molecule has 0 bridgehead atoms. The van der Waals surface area contributed by atoms with E-state index in [2.05, 4.69) is 25.0 Å². The van der Waals surface area contributed by atoms with Crippen molar-refractivity contribution in [3.63, 3.8) is 0 Å². The number of rotatable bonds is 3. The molecule has 2 aromatic rings. The molecule has 0 aromatic carbocycles. The van der Waals surface area contributed by atoms with Crippen LogP contribution >= 0.6 is 0 Å². The number of azide groups is 1. The summed E-state index contributed by atoms with van der Waals surface area (Å²) in [5.74, 6) is -2.57. The molecule has 0 saturated carbocycles. The highest BCUT2D eigenvalue weighted by Gasteiger charge is 2.64. The van der Waals surface area contributed by atoms with Gasteiger partial charge in [-0.1, -0.05) is 5.11 Å². The third-order valence-corrected chi connectivity index (χ3v) is 3.89. The Bertz CT molecular complexity index is 905. The second-order valence-electron chi connectivity index (χ2n) is 5.27. The van der Waals surface area contributed by atoms with Gasteiger partial charge in [0.2, 0.25) is 0 Å². The SMILES string of the molecule is [N-]=[N+]=N[C@]1(CO)O[C@@H](n2cnc3c(=O)[nH]cnc32)[C@H](C(F)(F)F)[C@@H]1O. The number of fused-ring (bicyclic) bond motifs is 1. The van der Waals surface area contributed by atoms with E-state index >= 15 is 0 Å². The van der Waals surface area contributed by atoms with E-state index in [9.17, 15) is 28.2 Å². The summed E-state index contributed by atoms with van der Waals surface area (Å²) in [4.78, 5) is 23.6. The fourth-order valence-electron chi connectivity index (χ4n) is 2.73. The maximum Gasteiger partial charge on any atom is 0.398 e. The number of alkyl halides is 3. The molecule has 0 spiro atoms. The predicted molar refractivity (Wildman–Crippen MR) is 72.8 cm³/mol. The van der Waals surface area contributed by atoms with Crippen molar-refractivity contribution in [2.75, 3.05) is 6.61 Å². The third-order valence-electron chi connectivity index (χ3n) is 3.89. The van der Waals surface area contributed by atoms with E-state index in [0.29, 0.717) is 0 Å². The van der Waals surface area contributed by atoms with Gasteiger partial charge in [0.25, 0.3) is 5.56 Å². The number of H-pyrrole nitrogens is 1. The lowest BCUT2D eigenvalue weighted by Gasteiger charge is -2.25. The normalized spacial score (nSPS) is 29.7. The number of hydrogen-bond donors (Lipinski definition) is 3. The van der Waals surface area contributed by atoms with E-state index < -0.39 is 42.3 Å². The van der Waals surface area contributed by atoms with Crippen molar-refractivity contribution in [1.82, 2.24) is 19.5 Å². The Kier molecular flexibility index (Phi) is 3.91. The molecular formula is C11H10F3N7O4. The van der Waals surface area contributed by atoms with Crippen LogP contribution in [0.4, 0.5) is 13.2 Å². The molecule has 3 heterocycles. The van der Waals surface area contributed by atoms with E-state index in [4.69, 9.17) is 10.3 Å². The average molecular weight is 361 g/mol. The van der Waals surface area contributed by atoms with Crippen LogP contribution in [0.1, 0.15) is 6.23 Å². The number of hydrogen-bond acceptors (Lipinski definition) is 7. The molecule has 3 N–H and O–H groups in total. The van der Waals surface area contributed by atoms with Gasteiger partial charge in [0.1, 0.15) is 12.0 Å². The first-order valence-electron chi connectivity index (χ1n) is 6.75. The fraction of sp³-hybridized carbons (Fsp3) is 0.545. The predicted octanol–water partition coefficient (Wildman–Crippen LogP) is 0.187. The average Bonchev–Trinajstić information content (AvgIpc) is 3.08. The molecule has 11 nitrogen and oxygen atoms in total. The topological polar surface area (TPSA) is 162 Å². The zero-order valence-electron chi connectivity index (χ0n) is 12.1. The lowest BCUT2D eigenvalue weighted by Crippen LogP contribution is -2.46. The quantitative estimate of drug-likeness (QED) is 0.401. The number of ether oxygens (including phenoxy) is 1. The Morgan fingerprint density at radius 1 is 1.52 bits per heavy atom. The molecule has 1 aliphatic rings. The van der Waals surface area contributed by atoms with E-state index in [-0.39, 0.29) is 11.2 Å². The van der Waals surface area contributed by atoms with Gasteiger partial charge in [0.05, 0.1) is 19.3 Å². The van der Waals surface area contributed by atoms with Crippen LogP contribution in [0.2, 0.25) is 0 Å². The van der Waals surface area contributed by atoms with Crippen molar-refractivity contribution in [3.05, 3.63) is 33.5 Å². The van der Waals surface area contributed by atoms with Crippen LogP contribution in [0, 0.1) is 5.92 Å². The van der Waals surface area contributed by atoms with Gasteiger partial charge < -0.3 is 19.9 Å². The Morgan fingerprint density at radius 3 is 2.84 bits per heavy atom. The molecule has 1 aliphatic heterocycles. The van der Waals surface area contributed by atoms with Crippen molar-refractivity contribution >= 4 is 11.2 Å². The molecule has 25 heavy (non-hydrogen) atoms. The summed E-state index contributed by atoms with van der Waals surface area (Å²) in [6.45, 7) is -1.19. The van der Waals surface area contributed by atoms with Crippen molar-refractivity contribution in [3.8, 4) is 0 Å². The maximum atomic E-state index is 13.5. The van der Waals surface area contributed by atoms with E-state index in [1.54, 1.807) is 0 Å². The zero-order chi connectivity index (χ0) is 18.4. The Labute approximate surface area is 135 Å². The molecule has 0 unspecified atom stereocenters. The number of nitrogens with zero attached hydrogens (tertiary/aromatic N) is 6. The summed E-state index contributed by atoms with van der Waals surface area (Å²) in [6, 6.07) is 0. The molecule has 0 radical (unpaired) electrons. The van der Waals surface area contributed by atoms with Crippen LogP contribution in [0.25, 0.3) is 21.6 Å². The summed E-state index contributed by atoms with van der Waals surface area (Å²) >= 11 is 0. The highest BCUT2D eigenvalue weighted by molar-refractivity contribution is 5.68. The summed E-state index contributed by atoms with van der Waals surface area (Å²) in [5.41, 5.74) is 4.85. The van der Waals surface area contributed by atoms with Crippen LogP contribution in [-0.4, -0.2) is 54.3 Å². The molecule has 1 fully saturated rings. The molecule has 3 rings (SSSR count). The number of halogens is 3. The van der Waals surface area contributed by atoms with Gasteiger partial charge in [0.15, 0.2) is 23.1 Å². The van der Waals surface area contributed by atoms with Crippen molar-refractivity contribution in [2.24, 2.45) is 11.0 Å². The molecule has 4 atom stereocenters. The number of aliphatic hydroxyl groups excluding tert-OH is 2. The third kappa shape index (κ3) is 2.51. The van der Waals surface area contributed by atoms with Gasteiger partial charge in [-0.15, -0.1) is 0 Å². The molecule has 134 valence electrons. The van der Waals surface area contributed by atoms with Gasteiger partial charge in [-0.05, 0) is 5.53 Å².